The fourth-order valence-corrected chi connectivity index (χ4v) is 3.95. The van der Waals surface area contributed by atoms with E-state index < -0.39 is 31.1 Å². The van der Waals surface area contributed by atoms with Gasteiger partial charge < -0.3 is 25.4 Å². The van der Waals surface area contributed by atoms with Crippen molar-refractivity contribution in [1.29, 1.82) is 0 Å². The van der Waals surface area contributed by atoms with E-state index in [0.717, 1.165) is 11.1 Å². The van der Waals surface area contributed by atoms with Gasteiger partial charge in [0.25, 0.3) is 0 Å². The average molecular weight is 437 g/mol. The van der Waals surface area contributed by atoms with Gasteiger partial charge in [-0.1, -0.05) is 30.3 Å². The van der Waals surface area contributed by atoms with Crippen LogP contribution in [0.1, 0.15) is 17.4 Å². The van der Waals surface area contributed by atoms with Gasteiger partial charge in [-0.05, 0) is 5.56 Å². The van der Waals surface area contributed by atoms with Crippen LogP contribution in [0.4, 0.5) is 5.82 Å². The molecule has 1 fully saturated rings. The second-order valence-corrected chi connectivity index (χ2v) is 7.62. The molecule has 3 aromatic heterocycles. The second kappa shape index (κ2) is 8.28. The zero-order valence-corrected chi connectivity index (χ0v) is 17.3. The van der Waals surface area contributed by atoms with Crippen LogP contribution in [0.5, 0.6) is 0 Å². The summed E-state index contributed by atoms with van der Waals surface area (Å²) in [4.78, 5) is 13.6. The first-order valence-electron chi connectivity index (χ1n) is 10.2. The van der Waals surface area contributed by atoms with Crippen LogP contribution in [0.3, 0.4) is 0 Å². The van der Waals surface area contributed by atoms with Crippen LogP contribution in [0.15, 0.2) is 42.9 Å². The zero-order valence-electron chi connectivity index (χ0n) is 17.3. The number of nitrogens with one attached hydrogen (secondary N) is 2. The molecule has 5 N–H and O–H groups in total. The molecule has 0 bridgehead atoms. The summed E-state index contributed by atoms with van der Waals surface area (Å²) < 4.78 is 7.20. The molecule has 0 radical (unpaired) electrons. The molecule has 166 valence electrons. The minimum absolute atomic E-state index is 0.377. The van der Waals surface area contributed by atoms with Crippen molar-refractivity contribution in [2.24, 2.45) is 0 Å². The third-order valence-corrected chi connectivity index (χ3v) is 5.62. The summed E-state index contributed by atoms with van der Waals surface area (Å²) in [6.07, 6.45) is -0.394. The van der Waals surface area contributed by atoms with Crippen molar-refractivity contribution >= 4 is 17.0 Å². The normalized spacial score (nSPS) is 23.1. The van der Waals surface area contributed by atoms with E-state index in [1.54, 1.807) is 7.05 Å². The van der Waals surface area contributed by atoms with Crippen LogP contribution in [-0.2, 0) is 11.2 Å². The number of aromatic amines is 1. The molecule has 11 nitrogen and oxygen atoms in total. The van der Waals surface area contributed by atoms with Crippen LogP contribution < -0.4 is 5.32 Å². The monoisotopic (exact) mass is 437 g/mol. The molecule has 32 heavy (non-hydrogen) atoms. The van der Waals surface area contributed by atoms with Gasteiger partial charge >= 0.3 is 0 Å². The quantitative estimate of drug-likeness (QED) is 0.289. The maximum atomic E-state index is 10.5. The summed E-state index contributed by atoms with van der Waals surface area (Å²) in [5.74, 6) is 0.867. The lowest BCUT2D eigenvalue weighted by Crippen LogP contribution is -2.33. The molecular formula is C21H23N7O4. The number of aliphatic hydroxyl groups excluding tert-OH is 3. The van der Waals surface area contributed by atoms with E-state index in [-0.39, 0.29) is 0 Å². The molecule has 0 amide bonds. The number of anilines is 1. The highest BCUT2D eigenvalue weighted by molar-refractivity contribution is 5.85. The fourth-order valence-electron chi connectivity index (χ4n) is 3.95. The number of benzene rings is 1. The summed E-state index contributed by atoms with van der Waals surface area (Å²) in [6, 6.07) is 10.0. The number of rotatable bonds is 6. The Hall–Kier alpha value is -3.38. The number of aliphatic hydroxyl groups is 3. The number of nitrogens with zero attached hydrogens (tertiary/aromatic N) is 5. The smallest absolute Gasteiger partial charge is 0.184 e. The minimum atomic E-state index is -1.25. The molecule has 0 spiro atoms. The molecule has 4 heterocycles. The molecule has 5 rings (SSSR count). The average Bonchev–Trinajstić information content (AvgIpc) is 3.52. The van der Waals surface area contributed by atoms with Gasteiger partial charge in [-0.25, -0.2) is 15.0 Å². The molecule has 1 aliphatic heterocycles. The van der Waals surface area contributed by atoms with Crippen molar-refractivity contribution < 1.29 is 20.1 Å². The summed E-state index contributed by atoms with van der Waals surface area (Å²) in [7, 11) is 1.73. The van der Waals surface area contributed by atoms with E-state index in [1.807, 2.05) is 36.5 Å². The number of H-pyrrole nitrogens is 1. The number of imidazole rings is 1. The highest BCUT2D eigenvalue weighted by atomic mass is 16.6. The van der Waals surface area contributed by atoms with Gasteiger partial charge in [0.1, 0.15) is 24.0 Å². The van der Waals surface area contributed by atoms with Crippen molar-refractivity contribution in [1.82, 2.24) is 29.7 Å². The standard InChI is InChI=1S/C21H23N7O4/c1-22-18-15-20(28(10-23-15)21-17(31)16(30)13(9-29)32-21)26-19(25-18)14-12(8-24-27-14)7-11-5-3-2-4-6-11/h2-6,8,10,13,16-17,21,29-31H,7,9H2,1H3,(H,24,27)(H,22,25,26)/t13-,16-,17-,21-/m1/s1. The van der Waals surface area contributed by atoms with Crippen molar-refractivity contribution in [3.63, 3.8) is 0 Å². The lowest BCUT2D eigenvalue weighted by Gasteiger charge is -2.17. The predicted octanol–water partition coefficient (Wildman–Crippen LogP) is 0.460. The lowest BCUT2D eigenvalue weighted by atomic mass is 10.1. The first-order valence-corrected chi connectivity index (χ1v) is 10.2. The Labute approximate surface area is 182 Å². The van der Waals surface area contributed by atoms with Gasteiger partial charge in [-0.2, -0.15) is 5.10 Å². The van der Waals surface area contributed by atoms with Gasteiger partial charge in [0.2, 0.25) is 0 Å². The molecule has 1 aliphatic rings. The maximum Gasteiger partial charge on any atom is 0.184 e. The van der Waals surface area contributed by atoms with E-state index in [9.17, 15) is 15.3 Å². The molecule has 0 saturated carbocycles. The Balaban J connectivity index is 1.58. The van der Waals surface area contributed by atoms with E-state index in [1.165, 1.54) is 10.9 Å². The lowest BCUT2D eigenvalue weighted by molar-refractivity contribution is -0.0511. The van der Waals surface area contributed by atoms with Crippen LogP contribution in [-0.4, -0.2) is 77.0 Å². The third-order valence-electron chi connectivity index (χ3n) is 5.62. The molecule has 1 saturated heterocycles. The Morgan fingerprint density at radius 1 is 1.16 bits per heavy atom. The summed E-state index contributed by atoms with van der Waals surface area (Å²) in [5, 5.41) is 40.3. The van der Waals surface area contributed by atoms with Crippen molar-refractivity contribution in [2.75, 3.05) is 19.0 Å². The van der Waals surface area contributed by atoms with Gasteiger partial charge in [-0.15, -0.1) is 0 Å². The summed E-state index contributed by atoms with van der Waals surface area (Å²) in [5.41, 5.74) is 3.54. The van der Waals surface area contributed by atoms with E-state index in [4.69, 9.17) is 4.74 Å². The SMILES string of the molecule is CNc1nc(-c2n[nH]cc2Cc2ccccc2)nc2c1ncn2[C@@H]1O[C@H](CO)[C@@H](O)[C@H]1O. The highest BCUT2D eigenvalue weighted by Crippen LogP contribution is 2.33. The molecule has 4 aromatic rings. The first-order chi connectivity index (χ1) is 15.6. The van der Waals surface area contributed by atoms with Crippen LogP contribution in [0, 0.1) is 0 Å². The molecule has 11 heteroatoms. The number of aromatic nitrogens is 6. The molecular weight excluding hydrogens is 414 g/mol. The van der Waals surface area contributed by atoms with Gasteiger partial charge in [-0.3, -0.25) is 9.67 Å². The van der Waals surface area contributed by atoms with Crippen LogP contribution in [0.2, 0.25) is 0 Å². The number of hydrogen-bond acceptors (Lipinski definition) is 9. The Kier molecular flexibility index (Phi) is 5.31. The zero-order chi connectivity index (χ0) is 22.2. The fraction of sp³-hybridized carbons (Fsp3) is 0.333. The molecule has 1 aromatic carbocycles. The van der Waals surface area contributed by atoms with Gasteiger partial charge in [0.15, 0.2) is 29.0 Å². The number of hydrogen-bond donors (Lipinski definition) is 5. The number of fused-ring (bicyclic) bond motifs is 1. The predicted molar refractivity (Wildman–Crippen MR) is 115 cm³/mol. The topological polar surface area (TPSA) is 154 Å². The van der Waals surface area contributed by atoms with Crippen LogP contribution in [0.25, 0.3) is 22.7 Å². The van der Waals surface area contributed by atoms with Crippen molar-refractivity contribution in [3.8, 4) is 11.5 Å². The van der Waals surface area contributed by atoms with Gasteiger partial charge in [0, 0.05) is 25.2 Å². The summed E-state index contributed by atoms with van der Waals surface area (Å²) >= 11 is 0. The van der Waals surface area contributed by atoms with Crippen LogP contribution >= 0.6 is 0 Å². The number of ether oxygens (including phenoxy) is 1. The second-order valence-electron chi connectivity index (χ2n) is 7.62. The van der Waals surface area contributed by atoms with Crippen molar-refractivity contribution in [2.45, 2.75) is 31.0 Å². The van der Waals surface area contributed by atoms with E-state index >= 15 is 0 Å². The van der Waals surface area contributed by atoms with Crippen molar-refractivity contribution in [3.05, 3.63) is 54.0 Å². The molecule has 4 atom stereocenters. The molecule has 0 unspecified atom stereocenters. The first kappa shape index (κ1) is 20.5. The van der Waals surface area contributed by atoms with E-state index in [0.29, 0.717) is 34.9 Å². The van der Waals surface area contributed by atoms with Gasteiger partial charge in [0.05, 0.1) is 12.9 Å². The Morgan fingerprint density at radius 2 is 1.97 bits per heavy atom. The minimum Gasteiger partial charge on any atom is -0.394 e. The largest absolute Gasteiger partial charge is 0.394 e. The third kappa shape index (κ3) is 3.41. The maximum absolute atomic E-state index is 10.5. The Morgan fingerprint density at radius 3 is 2.69 bits per heavy atom. The molecule has 0 aliphatic carbocycles. The highest BCUT2D eigenvalue weighted by Gasteiger charge is 2.44. The Bertz CT molecular complexity index is 1230. The summed E-state index contributed by atoms with van der Waals surface area (Å²) in [6.45, 7) is -0.417. The van der Waals surface area contributed by atoms with E-state index in [2.05, 4.69) is 30.5 Å².